The second-order valence-corrected chi connectivity index (χ2v) is 4.96. The number of nitrogens with one attached hydrogen (secondary N) is 1. The summed E-state index contributed by atoms with van der Waals surface area (Å²) in [6.07, 6.45) is 0. The van der Waals surface area contributed by atoms with E-state index in [9.17, 15) is 0 Å². The smallest absolute Gasteiger partial charge is 0.388 e. The molecule has 88 valence electrons. The fraction of sp³-hybridized carbons (Fsp3) is 0. The van der Waals surface area contributed by atoms with Gasteiger partial charge in [-0.25, -0.2) is 10.7 Å². The number of hydrogen-bond acceptors (Lipinski definition) is 3. The van der Waals surface area contributed by atoms with Crippen molar-refractivity contribution in [2.45, 2.75) is 0 Å². The lowest BCUT2D eigenvalue weighted by molar-refractivity contribution is 0.472. The molecule has 4 nitrogen and oxygen atoms in total. The summed E-state index contributed by atoms with van der Waals surface area (Å²) in [4.78, 5) is 0. The van der Waals surface area contributed by atoms with Gasteiger partial charge in [-0.3, -0.25) is 0 Å². The maximum Gasteiger partial charge on any atom is 0.388 e. The van der Waals surface area contributed by atoms with Crippen LogP contribution in [0.15, 0.2) is 60.7 Å². The third kappa shape index (κ3) is 3.63. The third-order valence-electron chi connectivity index (χ3n) is 1.97. The summed E-state index contributed by atoms with van der Waals surface area (Å²) in [7, 11) is -3.14. The Labute approximate surface area is 100 Å². The maximum atomic E-state index is 7.85. The van der Waals surface area contributed by atoms with Gasteiger partial charge >= 0.3 is 7.66 Å². The van der Waals surface area contributed by atoms with Crippen LogP contribution in [0.3, 0.4) is 0 Å². The molecule has 0 aliphatic rings. The van der Waals surface area contributed by atoms with Crippen molar-refractivity contribution in [3.8, 4) is 11.5 Å². The van der Waals surface area contributed by atoms with Crippen molar-refractivity contribution in [3.63, 3.8) is 0 Å². The molecule has 0 bridgehead atoms. The minimum Gasteiger partial charge on any atom is -0.419 e. The molecule has 0 saturated heterocycles. The van der Waals surface area contributed by atoms with Gasteiger partial charge in [0, 0.05) is 0 Å². The van der Waals surface area contributed by atoms with Crippen molar-refractivity contribution in [2.75, 3.05) is 0 Å². The van der Waals surface area contributed by atoms with Gasteiger partial charge in [-0.2, -0.15) is 0 Å². The van der Waals surface area contributed by atoms with Crippen LogP contribution >= 0.6 is 7.66 Å². The Balaban J connectivity index is 2.07. The van der Waals surface area contributed by atoms with Gasteiger partial charge < -0.3 is 9.05 Å². The topological polar surface area (TPSA) is 68.3 Å². The Morgan fingerprint density at radius 1 is 0.765 bits per heavy atom. The van der Waals surface area contributed by atoms with Crippen LogP contribution < -0.4 is 14.6 Å². The highest BCUT2D eigenvalue weighted by Crippen LogP contribution is 2.41. The molecule has 17 heavy (non-hydrogen) atoms. The molecule has 0 unspecified atom stereocenters. The predicted octanol–water partition coefficient (Wildman–Crippen LogP) is 3.63. The van der Waals surface area contributed by atoms with Gasteiger partial charge in [-0.1, -0.05) is 36.4 Å². The van der Waals surface area contributed by atoms with Crippen molar-refractivity contribution in [2.24, 2.45) is 5.50 Å². The first-order valence-electron chi connectivity index (χ1n) is 5.08. The Bertz CT molecular complexity index is 471. The molecule has 0 aliphatic carbocycles. The molecule has 0 radical (unpaired) electrons. The van der Waals surface area contributed by atoms with Gasteiger partial charge in [0.25, 0.3) is 0 Å². The van der Waals surface area contributed by atoms with E-state index in [1.54, 1.807) is 24.3 Å². The Kier molecular flexibility index (Phi) is 3.47. The highest BCUT2D eigenvalue weighted by molar-refractivity contribution is 7.53. The Morgan fingerprint density at radius 2 is 1.12 bits per heavy atom. The van der Waals surface area contributed by atoms with Gasteiger partial charge in [-0.05, 0) is 24.3 Å². The van der Waals surface area contributed by atoms with E-state index in [1.807, 2.05) is 36.4 Å². The van der Waals surface area contributed by atoms with Gasteiger partial charge in [0.15, 0.2) is 0 Å². The molecule has 2 aromatic rings. The Hall–Kier alpha value is -1.77. The van der Waals surface area contributed by atoms with Crippen LogP contribution in [0.5, 0.6) is 11.5 Å². The number of para-hydroxylation sites is 2. The molecule has 0 heterocycles. The largest absolute Gasteiger partial charge is 0.419 e. The van der Waals surface area contributed by atoms with Crippen LogP contribution in [0.4, 0.5) is 0 Å². The highest BCUT2D eigenvalue weighted by Gasteiger charge is 2.15. The molecule has 2 aromatic carbocycles. The molecule has 0 saturated carbocycles. The van der Waals surface area contributed by atoms with E-state index in [4.69, 9.17) is 19.7 Å². The van der Waals surface area contributed by atoms with Gasteiger partial charge in [-0.15, -0.1) is 0 Å². The molecule has 0 fully saturated rings. The fourth-order valence-corrected chi connectivity index (χ4v) is 2.20. The minimum absolute atomic E-state index is 0.536. The summed E-state index contributed by atoms with van der Waals surface area (Å²) in [5, 5.41) is 7.85. The summed E-state index contributed by atoms with van der Waals surface area (Å²) < 4.78 is 10.7. The number of benzene rings is 2. The Morgan fingerprint density at radius 3 is 1.47 bits per heavy atom. The fourth-order valence-electron chi connectivity index (χ4n) is 1.29. The predicted molar refractivity (Wildman–Crippen MR) is 68.0 cm³/mol. The summed E-state index contributed by atoms with van der Waals surface area (Å²) in [6.45, 7) is 0. The van der Waals surface area contributed by atoms with Gasteiger partial charge in [0.05, 0.1) is 0 Å². The average Bonchev–Trinajstić information content (AvgIpc) is 2.30. The molecule has 3 N–H and O–H groups in total. The van der Waals surface area contributed by atoms with Crippen LogP contribution in [-0.4, -0.2) is 0 Å². The summed E-state index contributed by atoms with van der Waals surface area (Å²) in [5.41, 5.74) is 5.71. The summed E-state index contributed by atoms with van der Waals surface area (Å²) in [5.74, 6) is 1.07. The average molecular weight is 248 g/mol. The molecule has 0 atom stereocenters. The highest BCUT2D eigenvalue weighted by atomic mass is 31.2. The zero-order chi connectivity index (χ0) is 12.1. The standard InChI is InChI=1S/C12H13N2O2P/c13-17(14,15-11-7-3-1-4-8-11)16-12-9-5-2-6-10-12/h1-10H,(H3,13,14). The van der Waals surface area contributed by atoms with E-state index in [-0.39, 0.29) is 0 Å². The number of rotatable bonds is 4. The molecule has 5 heteroatoms. The second kappa shape index (κ2) is 5.04. The first-order chi connectivity index (χ1) is 8.16. The van der Waals surface area contributed by atoms with E-state index in [2.05, 4.69) is 0 Å². The molecule has 0 aliphatic heterocycles. The van der Waals surface area contributed by atoms with E-state index in [1.165, 1.54) is 0 Å². The number of nitrogens with two attached hydrogens (primary N) is 1. The molecule has 0 aromatic heterocycles. The van der Waals surface area contributed by atoms with Crippen molar-refractivity contribution < 1.29 is 9.05 Å². The van der Waals surface area contributed by atoms with Crippen LogP contribution in [0.2, 0.25) is 0 Å². The lowest BCUT2D eigenvalue weighted by atomic mass is 10.3. The van der Waals surface area contributed by atoms with Crippen molar-refractivity contribution in [1.82, 2.24) is 0 Å². The molecule has 2 rings (SSSR count). The maximum absolute atomic E-state index is 7.85. The summed E-state index contributed by atoms with van der Waals surface area (Å²) >= 11 is 0. The van der Waals surface area contributed by atoms with Crippen molar-refractivity contribution in [1.29, 1.82) is 5.16 Å². The minimum atomic E-state index is -3.14. The van der Waals surface area contributed by atoms with Gasteiger partial charge in [0.1, 0.15) is 11.5 Å². The molecule has 0 spiro atoms. The monoisotopic (exact) mass is 248 g/mol. The van der Waals surface area contributed by atoms with Crippen LogP contribution in [0.1, 0.15) is 0 Å². The van der Waals surface area contributed by atoms with E-state index >= 15 is 0 Å². The van der Waals surface area contributed by atoms with Crippen molar-refractivity contribution >= 4 is 7.66 Å². The SMILES string of the molecule is N=P(N)(Oc1ccccc1)Oc1ccccc1. The first kappa shape index (κ1) is 11.7. The third-order valence-corrected chi connectivity index (χ3v) is 2.93. The lowest BCUT2D eigenvalue weighted by Crippen LogP contribution is -2.08. The normalized spacial score (nSPS) is 10.9. The van der Waals surface area contributed by atoms with Crippen LogP contribution in [0.25, 0.3) is 0 Å². The zero-order valence-electron chi connectivity index (χ0n) is 9.11. The second-order valence-electron chi connectivity index (χ2n) is 3.41. The quantitative estimate of drug-likeness (QED) is 0.812. The zero-order valence-corrected chi connectivity index (χ0v) is 10.0. The lowest BCUT2D eigenvalue weighted by Gasteiger charge is -2.18. The molecular formula is C12H13N2O2P. The number of hydrogen-bond donors (Lipinski definition) is 2. The molecular weight excluding hydrogens is 235 g/mol. The van der Waals surface area contributed by atoms with Crippen LogP contribution in [0, 0.1) is 5.16 Å². The van der Waals surface area contributed by atoms with Crippen LogP contribution in [-0.2, 0) is 0 Å². The van der Waals surface area contributed by atoms with E-state index in [0.29, 0.717) is 11.5 Å². The van der Waals surface area contributed by atoms with Gasteiger partial charge in [0.2, 0.25) is 0 Å². The molecule has 0 amide bonds. The summed E-state index contributed by atoms with van der Waals surface area (Å²) in [6, 6.07) is 18.0. The van der Waals surface area contributed by atoms with E-state index in [0.717, 1.165) is 0 Å². The van der Waals surface area contributed by atoms with E-state index < -0.39 is 7.66 Å². The van der Waals surface area contributed by atoms with Crippen molar-refractivity contribution in [3.05, 3.63) is 60.7 Å². The first-order valence-corrected chi connectivity index (χ1v) is 6.77.